The molecule has 0 amide bonds. The van der Waals surface area contributed by atoms with E-state index in [1.165, 1.54) is 10.4 Å². The number of ether oxygens (including phenoxy) is 3. The van der Waals surface area contributed by atoms with Crippen LogP contribution in [0.3, 0.4) is 0 Å². The van der Waals surface area contributed by atoms with E-state index in [1.807, 2.05) is 62.4 Å². The summed E-state index contributed by atoms with van der Waals surface area (Å²) in [6, 6.07) is 17.9. The zero-order chi connectivity index (χ0) is 38.9. The van der Waals surface area contributed by atoms with Crippen molar-refractivity contribution in [1.82, 2.24) is 33.9 Å². The van der Waals surface area contributed by atoms with Gasteiger partial charge in [0.15, 0.2) is 5.65 Å². The Balaban J connectivity index is 1.35. The van der Waals surface area contributed by atoms with Crippen molar-refractivity contribution in [2.75, 3.05) is 53.3 Å². The summed E-state index contributed by atoms with van der Waals surface area (Å²) in [6.07, 6.45) is 3.26. The van der Waals surface area contributed by atoms with Crippen LogP contribution >= 0.6 is 11.6 Å². The topological polar surface area (TPSA) is 157 Å². The molecule has 1 saturated heterocycles. The van der Waals surface area contributed by atoms with Gasteiger partial charge >= 0.3 is 0 Å². The number of hydrogen-bond acceptors (Lipinski definition) is 11. The Morgan fingerprint density at radius 2 is 1.76 bits per heavy atom. The normalized spacial score (nSPS) is 14.9. The Morgan fingerprint density at radius 3 is 2.45 bits per heavy atom. The summed E-state index contributed by atoms with van der Waals surface area (Å²) < 4.78 is 47.9. The first-order valence-electron chi connectivity index (χ1n) is 17.9. The van der Waals surface area contributed by atoms with E-state index in [2.05, 4.69) is 10.3 Å². The number of sulfonamides is 1. The standard InChI is InChI=1S/C39H43ClN8O6S/c1-6-17-54-32-14-12-28(55(50,51)48-16-15-26(22-48)46(2)3)19-29(32)36-42-35-30-23-47(21-24-7-10-27(52-4)11-8-24)45-37(30)43-38(34(35)39(49)44-36)41-20-25-9-13-33(53-5)31(40)18-25/h7-14,18-19,23,26H,6,15-17,20-22H2,1-5H3,(H,41,43,45)(H,42,44,49). The maximum Gasteiger partial charge on any atom is 0.262 e. The number of hydrogen-bond donors (Lipinski definition) is 2. The first-order valence-corrected chi connectivity index (χ1v) is 19.7. The average Bonchev–Trinajstić information content (AvgIpc) is 3.85. The van der Waals surface area contributed by atoms with Crippen molar-refractivity contribution in [1.29, 1.82) is 0 Å². The number of benzene rings is 3. The number of aromatic nitrogens is 5. The number of H-pyrrole nitrogens is 1. The quantitative estimate of drug-likeness (QED) is 0.138. The zero-order valence-corrected chi connectivity index (χ0v) is 32.9. The highest BCUT2D eigenvalue weighted by atomic mass is 35.5. The number of rotatable bonds is 14. The lowest BCUT2D eigenvalue weighted by atomic mass is 10.1. The van der Waals surface area contributed by atoms with Crippen LogP contribution in [0.5, 0.6) is 17.2 Å². The summed E-state index contributed by atoms with van der Waals surface area (Å²) in [4.78, 5) is 29.1. The van der Waals surface area contributed by atoms with Gasteiger partial charge in [0.25, 0.3) is 5.56 Å². The molecule has 0 saturated carbocycles. The average molecular weight is 787 g/mol. The van der Waals surface area contributed by atoms with E-state index < -0.39 is 15.6 Å². The fourth-order valence-corrected chi connectivity index (χ4v) is 8.46. The fourth-order valence-electron chi connectivity index (χ4n) is 6.66. The molecular weight excluding hydrogens is 744 g/mol. The highest BCUT2D eigenvalue weighted by Gasteiger charge is 2.34. The number of nitrogens with one attached hydrogen (secondary N) is 2. The van der Waals surface area contributed by atoms with E-state index in [0.717, 1.165) is 29.7 Å². The van der Waals surface area contributed by atoms with Gasteiger partial charge in [-0.2, -0.15) is 9.40 Å². The maximum absolute atomic E-state index is 14.2. The van der Waals surface area contributed by atoms with E-state index >= 15 is 0 Å². The predicted molar refractivity (Wildman–Crippen MR) is 213 cm³/mol. The molecule has 1 unspecified atom stereocenters. The molecule has 6 aromatic rings. The molecule has 16 heteroatoms. The van der Waals surface area contributed by atoms with Crippen molar-refractivity contribution in [3.63, 3.8) is 0 Å². The van der Waals surface area contributed by atoms with Gasteiger partial charge in [-0.3, -0.25) is 9.48 Å². The largest absolute Gasteiger partial charge is 0.497 e. The Bertz CT molecular complexity index is 2520. The summed E-state index contributed by atoms with van der Waals surface area (Å²) in [6.45, 7) is 3.85. The molecule has 55 heavy (non-hydrogen) atoms. The van der Waals surface area contributed by atoms with Crippen molar-refractivity contribution in [2.45, 2.75) is 43.8 Å². The number of fused-ring (bicyclic) bond motifs is 3. The Labute approximate surface area is 324 Å². The predicted octanol–water partition coefficient (Wildman–Crippen LogP) is 5.78. The van der Waals surface area contributed by atoms with Crippen LogP contribution in [0.15, 0.2) is 76.6 Å². The number of likely N-dealkylation sites (N-methyl/N-ethyl adjacent to an activating group) is 1. The Kier molecular flexibility index (Phi) is 11.0. The van der Waals surface area contributed by atoms with Gasteiger partial charge in [0.2, 0.25) is 10.0 Å². The van der Waals surface area contributed by atoms with Crippen molar-refractivity contribution in [3.8, 4) is 28.6 Å². The lowest BCUT2D eigenvalue weighted by Crippen LogP contribution is -2.34. The van der Waals surface area contributed by atoms with Gasteiger partial charge in [-0.05, 0) is 80.5 Å². The van der Waals surface area contributed by atoms with E-state index in [9.17, 15) is 13.2 Å². The summed E-state index contributed by atoms with van der Waals surface area (Å²) in [7, 11) is 3.20. The lowest BCUT2D eigenvalue weighted by Gasteiger charge is -2.21. The Morgan fingerprint density at radius 1 is 1.00 bits per heavy atom. The van der Waals surface area contributed by atoms with Gasteiger partial charge in [-0.15, -0.1) is 0 Å². The lowest BCUT2D eigenvalue weighted by molar-refractivity contribution is 0.302. The monoisotopic (exact) mass is 786 g/mol. The molecule has 3 aromatic carbocycles. The molecule has 0 spiro atoms. The second kappa shape index (κ2) is 15.9. The van der Waals surface area contributed by atoms with Crippen LogP contribution in [0.1, 0.15) is 30.9 Å². The maximum atomic E-state index is 14.2. The molecule has 2 N–H and O–H groups in total. The van der Waals surface area contributed by atoms with Crippen LogP contribution < -0.4 is 25.1 Å². The van der Waals surface area contributed by atoms with Gasteiger partial charge in [-0.25, -0.2) is 18.4 Å². The molecule has 14 nitrogen and oxygen atoms in total. The third-order valence-corrected chi connectivity index (χ3v) is 11.9. The molecule has 0 aliphatic carbocycles. The van der Waals surface area contributed by atoms with Crippen molar-refractivity contribution >= 4 is 49.4 Å². The molecule has 0 bridgehead atoms. The first-order chi connectivity index (χ1) is 26.5. The number of aromatic amines is 1. The number of halogens is 1. The van der Waals surface area contributed by atoms with Crippen LogP contribution in [0.4, 0.5) is 5.82 Å². The second-order valence-electron chi connectivity index (χ2n) is 13.6. The minimum Gasteiger partial charge on any atom is -0.497 e. The second-order valence-corrected chi connectivity index (χ2v) is 16.0. The van der Waals surface area contributed by atoms with Gasteiger partial charge in [-0.1, -0.05) is 36.7 Å². The highest BCUT2D eigenvalue weighted by molar-refractivity contribution is 7.89. The third kappa shape index (κ3) is 7.83. The van der Waals surface area contributed by atoms with Crippen LogP contribution in [-0.4, -0.2) is 96.4 Å². The third-order valence-electron chi connectivity index (χ3n) is 9.71. The first kappa shape index (κ1) is 38.1. The summed E-state index contributed by atoms with van der Waals surface area (Å²) in [5.41, 5.74) is 2.37. The van der Waals surface area contributed by atoms with Crippen LogP contribution in [0.25, 0.3) is 33.3 Å². The smallest absolute Gasteiger partial charge is 0.262 e. The minimum atomic E-state index is -3.87. The number of pyridine rings is 1. The van der Waals surface area contributed by atoms with Gasteiger partial charge in [0.1, 0.15) is 34.3 Å². The van der Waals surface area contributed by atoms with Gasteiger partial charge in [0.05, 0.1) is 53.8 Å². The van der Waals surface area contributed by atoms with Crippen LogP contribution in [0, 0.1) is 0 Å². The molecular formula is C39H43ClN8O6S. The van der Waals surface area contributed by atoms with Gasteiger partial charge < -0.3 is 29.4 Å². The molecule has 3 aromatic heterocycles. The highest BCUT2D eigenvalue weighted by Crippen LogP contribution is 2.35. The summed E-state index contributed by atoms with van der Waals surface area (Å²) >= 11 is 6.41. The Hall–Kier alpha value is -5.22. The van der Waals surface area contributed by atoms with Crippen LogP contribution in [0.2, 0.25) is 5.02 Å². The fraction of sp³-hybridized carbons (Fsp3) is 0.333. The molecule has 288 valence electrons. The number of nitrogens with zero attached hydrogens (tertiary/aromatic N) is 6. The number of anilines is 1. The molecule has 4 heterocycles. The van der Waals surface area contributed by atoms with Crippen LogP contribution in [-0.2, 0) is 23.1 Å². The molecule has 7 rings (SSSR count). The molecule has 0 radical (unpaired) electrons. The van der Waals surface area contributed by atoms with Crippen molar-refractivity contribution < 1.29 is 22.6 Å². The summed E-state index contributed by atoms with van der Waals surface area (Å²) in [5, 5.41) is 9.29. The van der Waals surface area contributed by atoms with E-state index in [-0.39, 0.29) is 34.5 Å². The van der Waals surface area contributed by atoms with Gasteiger partial charge in [0, 0.05) is 31.9 Å². The molecule has 1 atom stereocenters. The minimum absolute atomic E-state index is 0.0844. The number of methoxy groups -OCH3 is 2. The molecule has 1 aliphatic heterocycles. The van der Waals surface area contributed by atoms with E-state index in [4.69, 9.17) is 40.9 Å². The summed E-state index contributed by atoms with van der Waals surface area (Å²) in [5.74, 6) is 2.10. The van der Waals surface area contributed by atoms with E-state index in [0.29, 0.717) is 64.9 Å². The van der Waals surface area contributed by atoms with Crippen molar-refractivity contribution in [2.24, 2.45) is 0 Å². The molecule has 1 aliphatic rings. The van der Waals surface area contributed by atoms with Crippen molar-refractivity contribution in [3.05, 3.63) is 93.4 Å². The van der Waals surface area contributed by atoms with E-state index in [1.54, 1.807) is 43.2 Å². The molecule has 1 fully saturated rings. The SMILES string of the molecule is CCCOc1ccc(S(=O)(=O)N2CCC(N(C)C)C2)cc1-c1nc2c(c(NCc3ccc(OC)c(Cl)c3)nc3nn(Cc4ccc(OC)cc4)cc32)c(=O)[nH]1. The zero-order valence-electron chi connectivity index (χ0n) is 31.3.